The number of carbonyl (C=O) groups is 1. The first kappa shape index (κ1) is 20.6. The van der Waals surface area contributed by atoms with Crippen LogP contribution in [0.1, 0.15) is 12.8 Å². The fraction of sp³-hybridized carbons (Fsp3) is 0.200. The predicted molar refractivity (Wildman–Crippen MR) is 132 cm³/mol. The van der Waals surface area contributed by atoms with Crippen LogP contribution in [0.4, 0.5) is 11.5 Å². The molecule has 1 N–H and O–H groups in total. The molecule has 5 aromatic rings. The molecule has 0 radical (unpaired) electrons. The predicted octanol–water partition coefficient (Wildman–Crippen LogP) is 4.97. The molecule has 1 fully saturated rings. The molecule has 5 heterocycles. The number of carbonyl (C=O) groups excluding carboxylic acids is 1. The average Bonchev–Trinajstić information content (AvgIpc) is 3.63. The number of aromatic nitrogens is 4. The number of hydrogen-bond acceptors (Lipinski definition) is 7. The Kier molecular flexibility index (Phi) is 5.31. The molecule has 170 valence electrons. The molecule has 0 aliphatic carbocycles. The maximum absolute atomic E-state index is 12.9. The number of imidazole rings is 1. The summed E-state index contributed by atoms with van der Waals surface area (Å²) in [6, 6.07) is 15.4. The summed E-state index contributed by atoms with van der Waals surface area (Å²) in [6.07, 6.45) is 7.16. The highest BCUT2D eigenvalue weighted by molar-refractivity contribution is 7.15. The number of anilines is 2. The van der Waals surface area contributed by atoms with Gasteiger partial charge in [-0.05, 0) is 49.2 Å². The number of nitrogens with zero attached hydrogens (tertiary/aromatic N) is 5. The van der Waals surface area contributed by atoms with Crippen molar-refractivity contribution >= 4 is 33.7 Å². The molecular formula is C25H22N6O2S. The molecule has 1 aliphatic rings. The third-order valence-electron chi connectivity index (χ3n) is 6.13. The summed E-state index contributed by atoms with van der Waals surface area (Å²) >= 11 is 1.60. The van der Waals surface area contributed by atoms with E-state index in [0.29, 0.717) is 11.5 Å². The number of nitrogens with one attached hydrogen (secondary N) is 1. The second-order valence-corrected chi connectivity index (χ2v) is 9.18. The molecule has 1 aromatic carbocycles. The Morgan fingerprint density at radius 1 is 1.06 bits per heavy atom. The van der Waals surface area contributed by atoms with Crippen LogP contribution >= 0.6 is 11.3 Å². The topological polar surface area (TPSA) is 88.6 Å². The monoisotopic (exact) mass is 470 g/mol. The summed E-state index contributed by atoms with van der Waals surface area (Å²) in [6.45, 7) is 1.52. The van der Waals surface area contributed by atoms with Crippen molar-refractivity contribution in [2.24, 2.45) is 5.92 Å². The van der Waals surface area contributed by atoms with Crippen molar-refractivity contribution < 1.29 is 9.21 Å². The van der Waals surface area contributed by atoms with E-state index in [1.807, 2.05) is 70.7 Å². The van der Waals surface area contributed by atoms with Gasteiger partial charge in [-0.3, -0.25) is 9.20 Å². The molecule has 0 spiro atoms. The number of amides is 1. The zero-order valence-corrected chi connectivity index (χ0v) is 19.1. The van der Waals surface area contributed by atoms with Crippen LogP contribution in [-0.4, -0.2) is 38.6 Å². The molecule has 0 atom stereocenters. The standard InChI is InChI=1S/C25H22N6O2S/c32-24(26-19-4-1-3-18(15-19)21-16-31-12-14-34-25(31)27-21)17-8-10-30(11-9-17)23-7-6-20(28-29-23)22-5-2-13-33-22/h1-7,12-17H,8-11H2,(H,26,32). The van der Waals surface area contributed by atoms with Gasteiger partial charge in [0.25, 0.3) is 0 Å². The van der Waals surface area contributed by atoms with Crippen LogP contribution in [0.15, 0.2) is 77.0 Å². The van der Waals surface area contributed by atoms with E-state index in [9.17, 15) is 4.79 Å². The lowest BCUT2D eigenvalue weighted by molar-refractivity contribution is -0.120. The Morgan fingerprint density at radius 2 is 1.97 bits per heavy atom. The van der Waals surface area contributed by atoms with E-state index in [0.717, 1.165) is 53.7 Å². The number of piperidine rings is 1. The maximum atomic E-state index is 12.9. The third-order valence-corrected chi connectivity index (χ3v) is 6.90. The van der Waals surface area contributed by atoms with Crippen LogP contribution in [0.25, 0.3) is 27.7 Å². The zero-order valence-electron chi connectivity index (χ0n) is 18.3. The van der Waals surface area contributed by atoms with Crippen molar-refractivity contribution in [3.05, 3.63) is 72.6 Å². The van der Waals surface area contributed by atoms with Crippen molar-refractivity contribution in [1.29, 1.82) is 0 Å². The van der Waals surface area contributed by atoms with E-state index in [2.05, 4.69) is 25.4 Å². The molecule has 0 bridgehead atoms. The summed E-state index contributed by atoms with van der Waals surface area (Å²) in [5.41, 5.74) is 3.39. The van der Waals surface area contributed by atoms with Crippen molar-refractivity contribution in [3.8, 4) is 22.7 Å². The SMILES string of the molecule is O=C(Nc1cccc(-c2cn3ccsc3n2)c1)C1CCN(c2ccc(-c3ccco3)nn2)CC1. The van der Waals surface area contributed by atoms with Gasteiger partial charge in [0, 0.05) is 48.0 Å². The van der Waals surface area contributed by atoms with Gasteiger partial charge in [0.15, 0.2) is 16.5 Å². The molecule has 0 saturated carbocycles. The Labute approximate surface area is 199 Å². The Morgan fingerprint density at radius 3 is 2.74 bits per heavy atom. The lowest BCUT2D eigenvalue weighted by Crippen LogP contribution is -2.38. The van der Waals surface area contributed by atoms with Crippen molar-refractivity contribution in [3.63, 3.8) is 0 Å². The first-order chi connectivity index (χ1) is 16.7. The molecule has 4 aromatic heterocycles. The van der Waals surface area contributed by atoms with E-state index in [1.54, 1.807) is 17.6 Å². The Hall–Kier alpha value is -3.98. The minimum absolute atomic E-state index is 0.0341. The molecule has 8 nitrogen and oxygen atoms in total. The lowest BCUT2D eigenvalue weighted by atomic mass is 9.95. The van der Waals surface area contributed by atoms with Crippen molar-refractivity contribution in [1.82, 2.24) is 19.6 Å². The van der Waals surface area contributed by atoms with Gasteiger partial charge in [0.2, 0.25) is 5.91 Å². The zero-order chi connectivity index (χ0) is 22.9. The minimum atomic E-state index is -0.0341. The van der Waals surface area contributed by atoms with Crippen molar-refractivity contribution in [2.45, 2.75) is 12.8 Å². The largest absolute Gasteiger partial charge is 0.463 e. The van der Waals surface area contributed by atoms with Gasteiger partial charge >= 0.3 is 0 Å². The smallest absolute Gasteiger partial charge is 0.227 e. The summed E-state index contributed by atoms with van der Waals surface area (Å²) in [7, 11) is 0. The number of rotatable bonds is 5. The average molecular weight is 471 g/mol. The highest BCUT2D eigenvalue weighted by atomic mass is 32.1. The van der Waals surface area contributed by atoms with Crippen LogP contribution < -0.4 is 10.2 Å². The summed E-state index contributed by atoms with van der Waals surface area (Å²) in [4.78, 5) is 20.7. The molecule has 6 rings (SSSR count). The van der Waals surface area contributed by atoms with Gasteiger partial charge in [-0.25, -0.2) is 4.98 Å². The van der Waals surface area contributed by atoms with E-state index in [-0.39, 0.29) is 11.8 Å². The fourth-order valence-corrected chi connectivity index (χ4v) is 4.99. The van der Waals surface area contributed by atoms with Gasteiger partial charge in [0.05, 0.1) is 12.0 Å². The molecule has 1 saturated heterocycles. The highest BCUT2D eigenvalue weighted by Crippen LogP contribution is 2.27. The van der Waals surface area contributed by atoms with Gasteiger partial charge in [-0.1, -0.05) is 12.1 Å². The van der Waals surface area contributed by atoms with Crippen molar-refractivity contribution in [2.75, 3.05) is 23.3 Å². The van der Waals surface area contributed by atoms with Gasteiger partial charge in [-0.15, -0.1) is 21.5 Å². The van der Waals surface area contributed by atoms with Gasteiger partial charge in [-0.2, -0.15) is 0 Å². The van der Waals surface area contributed by atoms with Crippen LogP contribution in [0, 0.1) is 5.92 Å². The first-order valence-corrected chi connectivity index (χ1v) is 12.1. The van der Waals surface area contributed by atoms with Crippen LogP contribution in [0.3, 0.4) is 0 Å². The summed E-state index contributed by atoms with van der Waals surface area (Å²) < 4.78 is 7.38. The minimum Gasteiger partial charge on any atom is -0.463 e. The van der Waals surface area contributed by atoms with E-state index in [1.165, 1.54) is 0 Å². The molecular weight excluding hydrogens is 448 g/mol. The second-order valence-electron chi connectivity index (χ2n) is 8.30. The molecule has 34 heavy (non-hydrogen) atoms. The maximum Gasteiger partial charge on any atom is 0.227 e. The van der Waals surface area contributed by atoms with Gasteiger partial charge in [0.1, 0.15) is 5.69 Å². The third kappa shape index (κ3) is 4.06. The number of furan rings is 1. The lowest BCUT2D eigenvalue weighted by Gasteiger charge is -2.31. The number of hydrogen-bond donors (Lipinski definition) is 1. The quantitative estimate of drug-likeness (QED) is 0.390. The van der Waals surface area contributed by atoms with E-state index in [4.69, 9.17) is 4.42 Å². The molecule has 1 aliphatic heterocycles. The first-order valence-electron chi connectivity index (χ1n) is 11.2. The number of benzene rings is 1. The van der Waals surface area contributed by atoms with Crippen LogP contribution in [-0.2, 0) is 4.79 Å². The van der Waals surface area contributed by atoms with Crippen LogP contribution in [0.5, 0.6) is 0 Å². The summed E-state index contributed by atoms with van der Waals surface area (Å²) in [5.74, 6) is 1.54. The normalized spacial score (nSPS) is 14.5. The van der Waals surface area contributed by atoms with E-state index < -0.39 is 0 Å². The Balaban J connectivity index is 1.07. The van der Waals surface area contributed by atoms with Crippen LogP contribution in [0.2, 0.25) is 0 Å². The fourth-order valence-electron chi connectivity index (χ4n) is 4.29. The Bertz CT molecular complexity index is 1390. The number of fused-ring (bicyclic) bond motifs is 1. The van der Waals surface area contributed by atoms with Gasteiger partial charge < -0.3 is 14.6 Å². The molecule has 1 amide bonds. The van der Waals surface area contributed by atoms with E-state index >= 15 is 0 Å². The molecule has 0 unspecified atom stereocenters. The number of thiazole rings is 1. The summed E-state index contributed by atoms with van der Waals surface area (Å²) in [5, 5.41) is 13.7. The second kappa shape index (κ2) is 8.75. The highest BCUT2D eigenvalue weighted by Gasteiger charge is 2.26. The molecule has 9 heteroatoms.